The van der Waals surface area contributed by atoms with Crippen molar-refractivity contribution in [3.05, 3.63) is 35.5 Å². The Kier molecular flexibility index (Phi) is 7.92. The number of aromatic nitrogens is 1. The largest absolute Gasteiger partial charge is 0.351 e. The molecule has 1 saturated carbocycles. The molecular formula is C26H37IN4O. The van der Waals surface area contributed by atoms with Gasteiger partial charge in [0.1, 0.15) is 0 Å². The summed E-state index contributed by atoms with van der Waals surface area (Å²) < 4.78 is 6.81. The van der Waals surface area contributed by atoms with Gasteiger partial charge in [-0.05, 0) is 56.4 Å². The van der Waals surface area contributed by atoms with Gasteiger partial charge >= 0.3 is 0 Å². The lowest BCUT2D eigenvalue weighted by atomic mass is 9.79. The molecule has 1 aliphatic carbocycles. The van der Waals surface area contributed by atoms with E-state index in [1.807, 2.05) is 29.1 Å². The van der Waals surface area contributed by atoms with Gasteiger partial charge in [0.15, 0.2) is 0 Å². The molecule has 2 heterocycles. The van der Waals surface area contributed by atoms with Gasteiger partial charge in [-0.3, -0.25) is 4.79 Å². The number of hydrogen-bond donors (Lipinski definition) is 1. The van der Waals surface area contributed by atoms with Crippen molar-refractivity contribution in [2.75, 3.05) is 13.1 Å². The third-order valence-electron chi connectivity index (χ3n) is 7.80. The monoisotopic (exact) mass is 548 g/mol. The minimum Gasteiger partial charge on any atom is -0.351 e. The average molecular weight is 549 g/mol. The van der Waals surface area contributed by atoms with Crippen LogP contribution in [0.1, 0.15) is 76.6 Å². The molecule has 1 N–H and O–H groups in total. The van der Waals surface area contributed by atoms with Crippen molar-refractivity contribution < 1.29 is 4.79 Å². The maximum absolute atomic E-state index is 11.7. The number of carbonyl (C=O) groups is 1. The number of rotatable bonds is 6. The van der Waals surface area contributed by atoms with Gasteiger partial charge in [0.05, 0.1) is 29.4 Å². The molecule has 5 nitrogen and oxygen atoms in total. The Hall–Kier alpha value is -1.41. The Bertz CT molecular complexity index is 950. The standard InChI is InChI=1S/C26H37IN4O/c1-18(2)20-8-10-21(11-9-20)30-14-12-22(13-15-30)31-25-7-5-4-6-23(25)24(16-29-27)26(31)17-28-19(3)32/h4-7,16,18,20-22H,8-15,17H2,1-3H3,(H,28,32). The first-order valence-corrected chi connectivity index (χ1v) is 13.2. The third-order valence-corrected chi connectivity index (χ3v) is 8.08. The van der Waals surface area contributed by atoms with Crippen molar-refractivity contribution in [1.82, 2.24) is 14.8 Å². The fourth-order valence-electron chi connectivity index (χ4n) is 5.98. The summed E-state index contributed by atoms with van der Waals surface area (Å²) in [6.07, 6.45) is 9.79. The zero-order chi connectivity index (χ0) is 22.7. The van der Waals surface area contributed by atoms with Gasteiger partial charge in [-0.1, -0.05) is 32.0 Å². The molecule has 0 atom stereocenters. The van der Waals surface area contributed by atoms with Crippen LogP contribution in [0.15, 0.2) is 27.5 Å². The normalized spacial score (nSPS) is 23.4. The maximum Gasteiger partial charge on any atom is 0.217 e. The first-order chi connectivity index (χ1) is 15.5. The molecule has 2 aromatic rings. The molecule has 1 aliphatic heterocycles. The number of para-hydroxylation sites is 1. The van der Waals surface area contributed by atoms with E-state index in [0.717, 1.165) is 36.3 Å². The average Bonchev–Trinajstić information content (AvgIpc) is 3.11. The first-order valence-electron chi connectivity index (χ1n) is 12.2. The Morgan fingerprint density at radius 1 is 1.12 bits per heavy atom. The molecule has 0 unspecified atom stereocenters. The van der Waals surface area contributed by atoms with E-state index in [2.05, 4.69) is 56.1 Å². The van der Waals surface area contributed by atoms with Gasteiger partial charge in [0.2, 0.25) is 5.91 Å². The van der Waals surface area contributed by atoms with Crippen LogP contribution in [0, 0.1) is 11.8 Å². The summed E-state index contributed by atoms with van der Waals surface area (Å²) in [6, 6.07) is 9.84. The lowest BCUT2D eigenvalue weighted by Gasteiger charge is -2.42. The van der Waals surface area contributed by atoms with E-state index in [-0.39, 0.29) is 5.91 Å². The van der Waals surface area contributed by atoms with Crippen LogP contribution in [0.4, 0.5) is 0 Å². The lowest BCUT2D eigenvalue weighted by molar-refractivity contribution is -0.119. The molecule has 1 saturated heterocycles. The highest BCUT2D eigenvalue weighted by Gasteiger charge is 2.31. The van der Waals surface area contributed by atoms with Gasteiger partial charge in [0, 0.05) is 60.5 Å². The fourth-order valence-corrected chi connectivity index (χ4v) is 6.26. The first kappa shape index (κ1) is 23.7. The Morgan fingerprint density at radius 3 is 2.44 bits per heavy atom. The summed E-state index contributed by atoms with van der Waals surface area (Å²) in [5.74, 6) is 1.75. The van der Waals surface area contributed by atoms with E-state index in [1.165, 1.54) is 55.4 Å². The second-order valence-corrected chi connectivity index (χ2v) is 10.5. The molecule has 0 spiro atoms. The minimum atomic E-state index is 0.00554. The van der Waals surface area contributed by atoms with Crippen LogP contribution in [0.3, 0.4) is 0 Å². The molecule has 1 amide bonds. The number of benzene rings is 1. The predicted octanol–water partition coefficient (Wildman–Crippen LogP) is 5.90. The molecule has 0 bridgehead atoms. The Balaban J connectivity index is 1.54. The number of nitrogens with one attached hydrogen (secondary N) is 1. The topological polar surface area (TPSA) is 49.6 Å². The molecule has 2 aliphatic rings. The smallest absolute Gasteiger partial charge is 0.217 e. The second-order valence-electron chi connectivity index (χ2n) is 9.96. The summed E-state index contributed by atoms with van der Waals surface area (Å²) >= 11 is 2.04. The highest BCUT2D eigenvalue weighted by atomic mass is 127. The number of amides is 1. The van der Waals surface area contributed by atoms with Crippen LogP contribution in [0.25, 0.3) is 10.9 Å². The van der Waals surface area contributed by atoms with Gasteiger partial charge in [0.25, 0.3) is 0 Å². The van der Waals surface area contributed by atoms with Crippen molar-refractivity contribution in [3.63, 3.8) is 0 Å². The number of likely N-dealkylation sites (tertiary alicyclic amines) is 1. The number of piperidine rings is 1. The SMILES string of the molecule is CC(=O)NCc1c(C=NI)c2ccccc2n1C1CCN(C2CCC(C(C)C)CC2)CC1. The lowest BCUT2D eigenvalue weighted by Crippen LogP contribution is -2.44. The zero-order valence-electron chi connectivity index (χ0n) is 19.7. The van der Waals surface area contributed by atoms with Crippen LogP contribution in [0.2, 0.25) is 0 Å². The van der Waals surface area contributed by atoms with Crippen LogP contribution < -0.4 is 5.32 Å². The maximum atomic E-state index is 11.7. The third kappa shape index (κ3) is 5.06. The van der Waals surface area contributed by atoms with Crippen molar-refractivity contribution in [3.8, 4) is 0 Å². The van der Waals surface area contributed by atoms with E-state index in [1.54, 1.807) is 6.92 Å². The summed E-state index contributed by atoms with van der Waals surface area (Å²) in [6.45, 7) is 9.24. The Morgan fingerprint density at radius 2 is 1.81 bits per heavy atom. The molecular weight excluding hydrogens is 511 g/mol. The van der Waals surface area contributed by atoms with Crippen molar-refractivity contribution >= 4 is 45.9 Å². The number of carbonyl (C=O) groups excluding carboxylic acids is 1. The minimum absolute atomic E-state index is 0.00554. The molecule has 174 valence electrons. The quantitative estimate of drug-likeness (QED) is 0.361. The van der Waals surface area contributed by atoms with E-state index in [9.17, 15) is 4.79 Å². The highest BCUT2D eigenvalue weighted by molar-refractivity contribution is 14.1. The number of hydrogen-bond acceptors (Lipinski definition) is 3. The van der Waals surface area contributed by atoms with Crippen molar-refractivity contribution in [2.24, 2.45) is 15.0 Å². The van der Waals surface area contributed by atoms with E-state index in [4.69, 9.17) is 0 Å². The van der Waals surface area contributed by atoms with Gasteiger partial charge < -0.3 is 14.8 Å². The van der Waals surface area contributed by atoms with Crippen molar-refractivity contribution in [2.45, 2.75) is 77.9 Å². The number of halogens is 1. The zero-order valence-corrected chi connectivity index (χ0v) is 21.8. The predicted molar refractivity (Wildman–Crippen MR) is 142 cm³/mol. The van der Waals surface area contributed by atoms with Gasteiger partial charge in [-0.2, -0.15) is 0 Å². The Labute approximate surface area is 206 Å². The molecule has 32 heavy (non-hydrogen) atoms. The van der Waals surface area contributed by atoms with E-state index < -0.39 is 0 Å². The molecule has 0 radical (unpaired) electrons. The molecule has 4 rings (SSSR count). The van der Waals surface area contributed by atoms with Crippen LogP contribution in [-0.4, -0.2) is 40.7 Å². The molecule has 6 heteroatoms. The molecule has 1 aromatic heterocycles. The van der Waals surface area contributed by atoms with E-state index in [0.29, 0.717) is 12.6 Å². The molecule has 1 aromatic carbocycles. The summed E-state index contributed by atoms with van der Waals surface area (Å²) in [7, 11) is 0. The number of fused-ring (bicyclic) bond motifs is 1. The van der Waals surface area contributed by atoms with Gasteiger partial charge in [-0.25, -0.2) is 3.21 Å². The molecule has 2 fully saturated rings. The fraction of sp³-hybridized carbons (Fsp3) is 0.615. The number of nitrogens with zero attached hydrogens (tertiary/aromatic N) is 3. The highest BCUT2D eigenvalue weighted by Crippen LogP contribution is 2.37. The summed E-state index contributed by atoms with van der Waals surface area (Å²) in [5, 5.41) is 4.27. The summed E-state index contributed by atoms with van der Waals surface area (Å²) in [4.78, 5) is 14.5. The van der Waals surface area contributed by atoms with E-state index >= 15 is 0 Å². The van der Waals surface area contributed by atoms with Crippen LogP contribution in [-0.2, 0) is 11.3 Å². The van der Waals surface area contributed by atoms with Crippen LogP contribution in [0.5, 0.6) is 0 Å². The van der Waals surface area contributed by atoms with Gasteiger partial charge in [-0.15, -0.1) is 0 Å². The van der Waals surface area contributed by atoms with Crippen LogP contribution >= 0.6 is 22.9 Å². The van der Waals surface area contributed by atoms with Crippen molar-refractivity contribution in [1.29, 1.82) is 0 Å². The second kappa shape index (κ2) is 10.7. The summed E-state index contributed by atoms with van der Waals surface area (Å²) in [5.41, 5.74) is 3.57.